The third-order valence-electron chi connectivity index (χ3n) is 5.75. The van der Waals surface area contributed by atoms with Crippen LogP contribution in [-0.4, -0.2) is 45.4 Å². The smallest absolute Gasteiger partial charge is 0.340 e. The zero-order valence-corrected chi connectivity index (χ0v) is 20.1. The van der Waals surface area contributed by atoms with Crippen molar-refractivity contribution in [1.82, 2.24) is 4.90 Å². The fourth-order valence-corrected chi connectivity index (χ4v) is 5.18. The van der Waals surface area contributed by atoms with Crippen LogP contribution in [0.15, 0.2) is 77.7 Å². The van der Waals surface area contributed by atoms with E-state index in [0.29, 0.717) is 18.8 Å². The minimum absolute atomic E-state index is 0.0330. The minimum atomic E-state index is -3.95. The minimum Gasteiger partial charge on any atom is -0.452 e. The number of anilines is 1. The molecule has 0 aliphatic carbocycles. The number of hydrogen-bond acceptors (Lipinski definition) is 5. The Labute approximate surface area is 203 Å². The molecule has 1 aliphatic heterocycles. The number of benzene rings is 3. The number of para-hydroxylation sites is 1. The van der Waals surface area contributed by atoms with Crippen molar-refractivity contribution in [2.75, 3.05) is 24.5 Å². The van der Waals surface area contributed by atoms with Crippen LogP contribution in [0.25, 0.3) is 0 Å². The molecule has 1 heterocycles. The highest BCUT2D eigenvalue weighted by Gasteiger charge is 2.26. The van der Waals surface area contributed by atoms with Crippen LogP contribution in [0.1, 0.15) is 21.5 Å². The van der Waals surface area contributed by atoms with Crippen LogP contribution in [0, 0.1) is 0 Å². The van der Waals surface area contributed by atoms with E-state index in [1.165, 1.54) is 30.8 Å². The summed E-state index contributed by atoms with van der Waals surface area (Å²) in [4.78, 5) is 26.8. The summed E-state index contributed by atoms with van der Waals surface area (Å²) in [5.41, 5.74) is 2.61. The third-order valence-corrected chi connectivity index (χ3v) is 7.86. The zero-order valence-electron chi connectivity index (χ0n) is 18.5. The number of halogens is 1. The molecule has 0 aromatic heterocycles. The van der Waals surface area contributed by atoms with Crippen molar-refractivity contribution in [2.45, 2.75) is 17.9 Å². The van der Waals surface area contributed by atoms with Gasteiger partial charge in [0.05, 0.1) is 21.2 Å². The molecule has 1 amide bonds. The summed E-state index contributed by atoms with van der Waals surface area (Å²) in [6.45, 7) is 0.527. The predicted octanol–water partition coefficient (Wildman–Crippen LogP) is 3.91. The van der Waals surface area contributed by atoms with Crippen LogP contribution < -0.4 is 4.31 Å². The van der Waals surface area contributed by atoms with E-state index in [0.717, 1.165) is 16.3 Å². The molecule has 0 fully saturated rings. The van der Waals surface area contributed by atoms with Gasteiger partial charge in [-0.15, -0.1) is 0 Å². The molecule has 0 N–H and O–H groups in total. The van der Waals surface area contributed by atoms with Crippen LogP contribution in [0.4, 0.5) is 5.69 Å². The normalized spacial score (nSPS) is 13.2. The van der Waals surface area contributed by atoms with Crippen molar-refractivity contribution in [3.05, 3.63) is 94.5 Å². The molecule has 0 spiro atoms. The summed E-state index contributed by atoms with van der Waals surface area (Å²) < 4.78 is 32.4. The number of hydrogen-bond donors (Lipinski definition) is 0. The summed E-state index contributed by atoms with van der Waals surface area (Å²) >= 11 is 6.15. The largest absolute Gasteiger partial charge is 0.452 e. The fourth-order valence-electron chi connectivity index (χ4n) is 3.76. The van der Waals surface area contributed by atoms with E-state index in [-0.39, 0.29) is 21.4 Å². The molecule has 7 nitrogen and oxygen atoms in total. The molecule has 4 rings (SSSR count). The molecule has 3 aromatic carbocycles. The molecule has 0 saturated carbocycles. The van der Waals surface area contributed by atoms with Gasteiger partial charge in [-0.3, -0.25) is 9.10 Å². The van der Waals surface area contributed by atoms with Crippen molar-refractivity contribution < 1.29 is 22.7 Å². The molecular formula is C25H23ClN2O5S. The van der Waals surface area contributed by atoms with Gasteiger partial charge in [0.1, 0.15) is 0 Å². The summed E-state index contributed by atoms with van der Waals surface area (Å²) in [6.07, 6.45) is 0.733. The molecule has 1 aliphatic rings. The molecule has 0 radical (unpaired) electrons. The number of amides is 1. The average molecular weight is 499 g/mol. The maximum absolute atomic E-state index is 13.1. The maximum atomic E-state index is 13.1. The first-order chi connectivity index (χ1) is 16.3. The standard InChI is InChI=1S/C25H23ClN2O5S/c1-27(20-9-3-2-4-10-20)34(31,32)21-11-12-23(26)22(15-21)25(30)33-17-24(29)28-14-13-18-7-5-6-8-19(18)16-28/h2-12,15H,13-14,16-17H2,1H3. The number of carbonyl (C=O) groups is 2. The molecule has 9 heteroatoms. The lowest BCUT2D eigenvalue weighted by atomic mass is 10.00. The Morgan fingerprint density at radius 1 is 1.00 bits per heavy atom. The second-order valence-corrected chi connectivity index (χ2v) is 10.2. The van der Waals surface area contributed by atoms with Gasteiger partial charge >= 0.3 is 5.97 Å². The number of ether oxygens (including phenoxy) is 1. The first-order valence-electron chi connectivity index (χ1n) is 10.6. The van der Waals surface area contributed by atoms with Crippen LogP contribution >= 0.6 is 11.6 Å². The van der Waals surface area contributed by atoms with Gasteiger partial charge in [-0.25, -0.2) is 13.2 Å². The van der Waals surface area contributed by atoms with Crippen LogP contribution in [-0.2, 0) is 32.5 Å². The van der Waals surface area contributed by atoms with Crippen LogP contribution in [0.2, 0.25) is 5.02 Å². The lowest BCUT2D eigenvalue weighted by molar-refractivity contribution is -0.135. The summed E-state index contributed by atoms with van der Waals surface area (Å²) in [6, 6.07) is 20.3. The Morgan fingerprint density at radius 3 is 2.41 bits per heavy atom. The fraction of sp³-hybridized carbons (Fsp3) is 0.200. The topological polar surface area (TPSA) is 84.0 Å². The molecule has 0 saturated heterocycles. The van der Waals surface area contributed by atoms with Crippen LogP contribution in [0.3, 0.4) is 0 Å². The van der Waals surface area contributed by atoms with E-state index in [1.54, 1.807) is 35.2 Å². The van der Waals surface area contributed by atoms with Gasteiger partial charge in [-0.2, -0.15) is 0 Å². The van der Waals surface area contributed by atoms with E-state index < -0.39 is 22.6 Å². The van der Waals surface area contributed by atoms with Gasteiger partial charge in [0.2, 0.25) is 0 Å². The number of nitrogens with zero attached hydrogens (tertiary/aromatic N) is 2. The molecule has 34 heavy (non-hydrogen) atoms. The van der Waals surface area contributed by atoms with Gasteiger partial charge in [-0.05, 0) is 47.9 Å². The highest BCUT2D eigenvalue weighted by atomic mass is 35.5. The Bertz CT molecular complexity index is 1330. The Hall–Kier alpha value is -3.36. The number of rotatable bonds is 6. The molecular weight excluding hydrogens is 476 g/mol. The van der Waals surface area contributed by atoms with E-state index >= 15 is 0 Å². The first kappa shape index (κ1) is 23.8. The number of esters is 1. The van der Waals surface area contributed by atoms with Crippen molar-refractivity contribution in [2.24, 2.45) is 0 Å². The highest BCUT2D eigenvalue weighted by molar-refractivity contribution is 7.92. The number of fused-ring (bicyclic) bond motifs is 1. The van der Waals surface area contributed by atoms with E-state index in [4.69, 9.17) is 16.3 Å². The molecule has 0 bridgehead atoms. The summed E-state index contributed by atoms with van der Waals surface area (Å²) in [7, 11) is -2.53. The van der Waals surface area contributed by atoms with Gasteiger partial charge in [0, 0.05) is 20.1 Å². The Kier molecular flexibility index (Phi) is 6.90. The lowest BCUT2D eigenvalue weighted by Gasteiger charge is -2.28. The maximum Gasteiger partial charge on any atom is 0.340 e. The monoisotopic (exact) mass is 498 g/mol. The Morgan fingerprint density at radius 2 is 1.68 bits per heavy atom. The van der Waals surface area contributed by atoms with E-state index in [1.807, 2.05) is 24.3 Å². The molecule has 0 atom stereocenters. The van der Waals surface area contributed by atoms with Gasteiger partial charge < -0.3 is 9.64 Å². The van der Waals surface area contributed by atoms with Gasteiger partial charge in [-0.1, -0.05) is 54.1 Å². The summed E-state index contributed by atoms with van der Waals surface area (Å²) in [5, 5.41) is 0.0330. The number of sulfonamides is 1. The van der Waals surface area contributed by atoms with Crippen molar-refractivity contribution in [3.63, 3.8) is 0 Å². The van der Waals surface area contributed by atoms with Crippen molar-refractivity contribution in [1.29, 1.82) is 0 Å². The van der Waals surface area contributed by atoms with Gasteiger partial charge in [0.25, 0.3) is 15.9 Å². The SMILES string of the molecule is CN(c1ccccc1)S(=O)(=O)c1ccc(Cl)c(C(=O)OCC(=O)N2CCc3ccccc3C2)c1. The van der Waals surface area contributed by atoms with E-state index in [2.05, 4.69) is 0 Å². The van der Waals surface area contributed by atoms with Gasteiger partial charge in [0.15, 0.2) is 6.61 Å². The average Bonchev–Trinajstić information content (AvgIpc) is 2.86. The predicted molar refractivity (Wildman–Crippen MR) is 129 cm³/mol. The highest BCUT2D eigenvalue weighted by Crippen LogP contribution is 2.26. The quantitative estimate of drug-likeness (QED) is 0.481. The third kappa shape index (κ3) is 4.93. The second-order valence-electron chi connectivity index (χ2n) is 7.86. The first-order valence-corrected chi connectivity index (χ1v) is 12.4. The zero-order chi connectivity index (χ0) is 24.3. The Balaban J connectivity index is 1.45. The van der Waals surface area contributed by atoms with E-state index in [9.17, 15) is 18.0 Å². The second kappa shape index (κ2) is 9.87. The summed E-state index contributed by atoms with van der Waals surface area (Å²) in [5.74, 6) is -1.19. The molecule has 0 unspecified atom stereocenters. The molecule has 176 valence electrons. The lowest BCUT2D eigenvalue weighted by Crippen LogP contribution is -2.38. The van der Waals surface area contributed by atoms with Crippen molar-refractivity contribution in [3.8, 4) is 0 Å². The van der Waals surface area contributed by atoms with Crippen molar-refractivity contribution >= 4 is 39.2 Å². The van der Waals surface area contributed by atoms with Crippen LogP contribution in [0.5, 0.6) is 0 Å². The molecule has 3 aromatic rings. The number of carbonyl (C=O) groups excluding carboxylic acids is 2.